The quantitative estimate of drug-likeness (QED) is 0.882. The Bertz CT molecular complexity index is 445. The summed E-state index contributed by atoms with van der Waals surface area (Å²) >= 11 is 0. The number of nitrogens with zero attached hydrogens (tertiary/aromatic N) is 1. The van der Waals surface area contributed by atoms with Crippen LogP contribution in [0.3, 0.4) is 0 Å². The number of carbonyl (C=O) groups is 2. The SMILES string of the molecule is CCC(=O)N(Cc1ccc(F)cc1)C(C)C(=O)NC. The molecule has 0 fully saturated rings. The van der Waals surface area contributed by atoms with Gasteiger partial charge in [-0.3, -0.25) is 9.59 Å². The Balaban J connectivity index is 2.89. The number of likely N-dealkylation sites (N-methyl/N-ethyl adjacent to an activating group) is 1. The molecule has 0 radical (unpaired) electrons. The molecule has 2 amide bonds. The third-order valence-electron chi connectivity index (χ3n) is 2.98. The minimum absolute atomic E-state index is 0.111. The molecule has 4 nitrogen and oxygen atoms in total. The van der Waals surface area contributed by atoms with Gasteiger partial charge in [-0.2, -0.15) is 0 Å². The van der Waals surface area contributed by atoms with Gasteiger partial charge in [0.2, 0.25) is 11.8 Å². The summed E-state index contributed by atoms with van der Waals surface area (Å²) in [5.41, 5.74) is 0.791. The number of hydrogen-bond acceptors (Lipinski definition) is 2. The molecule has 0 aliphatic rings. The minimum atomic E-state index is -0.553. The van der Waals surface area contributed by atoms with Crippen LogP contribution >= 0.6 is 0 Å². The molecule has 1 rings (SSSR count). The van der Waals surface area contributed by atoms with Gasteiger partial charge in [0.15, 0.2) is 0 Å². The minimum Gasteiger partial charge on any atom is -0.357 e. The molecule has 0 aliphatic carbocycles. The first kappa shape index (κ1) is 15.1. The highest BCUT2D eigenvalue weighted by molar-refractivity contribution is 5.87. The van der Waals surface area contributed by atoms with Crippen LogP contribution in [-0.4, -0.2) is 29.8 Å². The molecule has 5 heteroatoms. The van der Waals surface area contributed by atoms with Crippen LogP contribution < -0.4 is 5.32 Å². The standard InChI is InChI=1S/C14H19FN2O2/c1-4-13(18)17(10(2)14(19)16-3)9-11-5-7-12(15)8-6-11/h5-8,10H,4,9H2,1-3H3,(H,16,19). The van der Waals surface area contributed by atoms with Gasteiger partial charge in [0, 0.05) is 20.0 Å². The van der Waals surface area contributed by atoms with E-state index in [1.807, 2.05) is 0 Å². The molecule has 0 saturated carbocycles. The van der Waals surface area contributed by atoms with Crippen molar-refractivity contribution in [3.05, 3.63) is 35.6 Å². The lowest BCUT2D eigenvalue weighted by Gasteiger charge is -2.28. The van der Waals surface area contributed by atoms with E-state index in [1.54, 1.807) is 26.0 Å². The average molecular weight is 266 g/mol. The predicted molar refractivity (Wildman–Crippen MR) is 70.8 cm³/mol. The summed E-state index contributed by atoms with van der Waals surface area (Å²) in [5.74, 6) is -0.652. The lowest BCUT2D eigenvalue weighted by Crippen LogP contribution is -2.46. The topological polar surface area (TPSA) is 49.4 Å². The van der Waals surface area contributed by atoms with Crippen molar-refractivity contribution in [2.75, 3.05) is 7.05 Å². The van der Waals surface area contributed by atoms with Crippen LogP contribution in [0.5, 0.6) is 0 Å². The van der Waals surface area contributed by atoms with Crippen LogP contribution in [0.15, 0.2) is 24.3 Å². The number of benzene rings is 1. The van der Waals surface area contributed by atoms with Crippen LogP contribution in [0.4, 0.5) is 4.39 Å². The maximum Gasteiger partial charge on any atom is 0.242 e. The smallest absolute Gasteiger partial charge is 0.242 e. The predicted octanol–water partition coefficient (Wildman–Crippen LogP) is 1.70. The molecule has 0 aromatic heterocycles. The third-order valence-corrected chi connectivity index (χ3v) is 2.98. The van der Waals surface area contributed by atoms with E-state index in [4.69, 9.17) is 0 Å². The highest BCUT2D eigenvalue weighted by atomic mass is 19.1. The van der Waals surface area contributed by atoms with Crippen molar-refractivity contribution in [3.63, 3.8) is 0 Å². The van der Waals surface area contributed by atoms with Gasteiger partial charge in [-0.05, 0) is 24.6 Å². The Morgan fingerprint density at radius 3 is 2.37 bits per heavy atom. The van der Waals surface area contributed by atoms with Crippen LogP contribution in [0.25, 0.3) is 0 Å². The molecule has 0 aliphatic heterocycles. The van der Waals surface area contributed by atoms with Crippen molar-refractivity contribution in [2.24, 2.45) is 0 Å². The molecular formula is C14H19FN2O2. The first-order valence-electron chi connectivity index (χ1n) is 6.25. The average Bonchev–Trinajstić information content (AvgIpc) is 2.44. The lowest BCUT2D eigenvalue weighted by molar-refractivity contribution is -0.140. The maximum absolute atomic E-state index is 12.8. The van der Waals surface area contributed by atoms with E-state index in [-0.39, 0.29) is 17.6 Å². The van der Waals surface area contributed by atoms with Crippen molar-refractivity contribution < 1.29 is 14.0 Å². The summed E-state index contributed by atoms with van der Waals surface area (Å²) in [6.45, 7) is 3.72. The molecule has 1 atom stereocenters. The Kier molecular flexibility index (Phi) is 5.48. The Morgan fingerprint density at radius 2 is 1.89 bits per heavy atom. The van der Waals surface area contributed by atoms with Crippen LogP contribution in [-0.2, 0) is 16.1 Å². The van der Waals surface area contributed by atoms with Gasteiger partial charge in [-0.1, -0.05) is 19.1 Å². The van der Waals surface area contributed by atoms with E-state index in [0.717, 1.165) is 5.56 Å². The maximum atomic E-state index is 12.8. The van der Waals surface area contributed by atoms with Crippen molar-refractivity contribution in [1.29, 1.82) is 0 Å². The molecule has 1 unspecified atom stereocenters. The number of amides is 2. The highest BCUT2D eigenvalue weighted by Gasteiger charge is 2.24. The first-order chi connectivity index (χ1) is 8.99. The van der Waals surface area contributed by atoms with Crippen molar-refractivity contribution in [3.8, 4) is 0 Å². The molecule has 0 spiro atoms. The van der Waals surface area contributed by atoms with Gasteiger partial charge in [0.1, 0.15) is 11.9 Å². The van der Waals surface area contributed by atoms with Gasteiger partial charge >= 0.3 is 0 Å². The van der Waals surface area contributed by atoms with Gasteiger partial charge in [0.05, 0.1) is 0 Å². The van der Waals surface area contributed by atoms with Gasteiger partial charge < -0.3 is 10.2 Å². The second kappa shape index (κ2) is 6.87. The van der Waals surface area contributed by atoms with E-state index in [9.17, 15) is 14.0 Å². The van der Waals surface area contributed by atoms with E-state index in [2.05, 4.69) is 5.32 Å². The number of carbonyl (C=O) groups excluding carboxylic acids is 2. The molecule has 1 aromatic rings. The molecule has 1 N–H and O–H groups in total. The van der Waals surface area contributed by atoms with Crippen molar-refractivity contribution >= 4 is 11.8 Å². The van der Waals surface area contributed by atoms with Gasteiger partial charge in [-0.25, -0.2) is 4.39 Å². The zero-order chi connectivity index (χ0) is 14.4. The summed E-state index contributed by atoms with van der Waals surface area (Å²) in [7, 11) is 1.53. The van der Waals surface area contributed by atoms with Crippen molar-refractivity contribution in [1.82, 2.24) is 10.2 Å². The summed E-state index contributed by atoms with van der Waals surface area (Å²) in [6.07, 6.45) is 0.322. The Labute approximate surface area is 112 Å². The Hall–Kier alpha value is -1.91. The monoisotopic (exact) mass is 266 g/mol. The fourth-order valence-corrected chi connectivity index (χ4v) is 1.78. The highest BCUT2D eigenvalue weighted by Crippen LogP contribution is 2.11. The fourth-order valence-electron chi connectivity index (χ4n) is 1.78. The van der Waals surface area contributed by atoms with Crippen LogP contribution in [0.2, 0.25) is 0 Å². The van der Waals surface area contributed by atoms with Crippen molar-refractivity contribution in [2.45, 2.75) is 32.9 Å². The molecule has 104 valence electrons. The largest absolute Gasteiger partial charge is 0.357 e. The molecule has 0 bridgehead atoms. The van der Waals surface area contributed by atoms with Crippen LogP contribution in [0.1, 0.15) is 25.8 Å². The second-order valence-corrected chi connectivity index (χ2v) is 4.29. The zero-order valence-electron chi connectivity index (χ0n) is 11.4. The number of nitrogens with one attached hydrogen (secondary N) is 1. The zero-order valence-corrected chi connectivity index (χ0v) is 11.4. The number of halogens is 1. The third kappa shape index (κ3) is 4.05. The first-order valence-corrected chi connectivity index (χ1v) is 6.25. The summed E-state index contributed by atoms with van der Waals surface area (Å²) in [4.78, 5) is 25.1. The second-order valence-electron chi connectivity index (χ2n) is 4.29. The van der Waals surface area contributed by atoms with Gasteiger partial charge in [-0.15, -0.1) is 0 Å². The number of hydrogen-bond donors (Lipinski definition) is 1. The summed E-state index contributed by atoms with van der Waals surface area (Å²) in [6, 6.07) is 5.36. The fraction of sp³-hybridized carbons (Fsp3) is 0.429. The molecule has 19 heavy (non-hydrogen) atoms. The number of rotatable bonds is 5. The lowest BCUT2D eigenvalue weighted by atomic mass is 10.1. The summed E-state index contributed by atoms with van der Waals surface area (Å²) in [5, 5.41) is 2.53. The normalized spacial score (nSPS) is 11.8. The van der Waals surface area contributed by atoms with Crippen LogP contribution in [0, 0.1) is 5.82 Å². The van der Waals surface area contributed by atoms with E-state index in [1.165, 1.54) is 24.1 Å². The molecule has 0 heterocycles. The Morgan fingerprint density at radius 1 is 1.32 bits per heavy atom. The molecule has 0 saturated heterocycles. The van der Waals surface area contributed by atoms with Gasteiger partial charge in [0.25, 0.3) is 0 Å². The van der Waals surface area contributed by atoms with E-state index >= 15 is 0 Å². The van der Waals surface area contributed by atoms with E-state index < -0.39 is 6.04 Å². The summed E-state index contributed by atoms with van der Waals surface area (Å²) < 4.78 is 12.8. The molecule has 1 aromatic carbocycles. The van der Waals surface area contributed by atoms with E-state index in [0.29, 0.717) is 13.0 Å². The molecular weight excluding hydrogens is 247 g/mol.